The number of benzene rings is 2. The Labute approximate surface area is 134 Å². The zero-order chi connectivity index (χ0) is 16.8. The molecule has 0 aliphatic carbocycles. The molecule has 2 rings (SSSR count). The number of rotatable bonds is 5. The smallest absolute Gasteiger partial charge is 0.127 e. The molecule has 6 heteroatoms. The van der Waals surface area contributed by atoms with Crippen LogP contribution in [0.5, 0.6) is 11.5 Å². The van der Waals surface area contributed by atoms with Crippen LogP contribution in [0, 0.1) is 22.7 Å². The summed E-state index contributed by atoms with van der Waals surface area (Å²) in [7, 11) is 3.18. The minimum absolute atomic E-state index is 0.262. The third kappa shape index (κ3) is 3.45. The van der Waals surface area contributed by atoms with Crippen molar-refractivity contribution in [2.24, 2.45) is 0 Å². The molecular weight excluding hydrogens is 292 g/mol. The van der Waals surface area contributed by atoms with Gasteiger partial charge in [0, 0.05) is 18.2 Å². The standard InChI is InChI=1S/C17H16N4O2/c1-22-14-4-3-11(17(7-14)23-2)10-21-16-6-13(9-19)12(8-18)5-15(16)20/h3-7,21H,10,20H2,1-2H3. The maximum absolute atomic E-state index is 9.09. The van der Waals surface area contributed by atoms with Crippen LogP contribution in [-0.2, 0) is 6.54 Å². The predicted molar refractivity (Wildman–Crippen MR) is 87.2 cm³/mol. The van der Waals surface area contributed by atoms with Crippen molar-refractivity contribution in [3.05, 3.63) is 47.0 Å². The summed E-state index contributed by atoms with van der Waals surface area (Å²) >= 11 is 0. The third-order valence-electron chi connectivity index (χ3n) is 3.39. The van der Waals surface area contributed by atoms with Gasteiger partial charge in [-0.25, -0.2) is 0 Å². The molecule has 0 aromatic heterocycles. The molecule has 0 aliphatic heterocycles. The SMILES string of the molecule is COc1ccc(CNc2cc(C#N)c(C#N)cc2N)c(OC)c1. The van der Waals surface area contributed by atoms with Crippen LogP contribution in [0.3, 0.4) is 0 Å². The summed E-state index contributed by atoms with van der Waals surface area (Å²) in [6, 6.07) is 12.5. The van der Waals surface area contributed by atoms with Gasteiger partial charge in [-0.1, -0.05) is 0 Å². The fourth-order valence-electron chi connectivity index (χ4n) is 2.14. The Hall–Kier alpha value is -3.38. The number of anilines is 2. The fraction of sp³-hybridized carbons (Fsp3) is 0.176. The van der Waals surface area contributed by atoms with Crippen LogP contribution in [0.15, 0.2) is 30.3 Å². The van der Waals surface area contributed by atoms with Crippen molar-refractivity contribution in [2.75, 3.05) is 25.3 Å². The Morgan fingerprint density at radius 1 is 1.04 bits per heavy atom. The van der Waals surface area contributed by atoms with E-state index < -0.39 is 0 Å². The van der Waals surface area contributed by atoms with Crippen molar-refractivity contribution in [3.63, 3.8) is 0 Å². The third-order valence-corrected chi connectivity index (χ3v) is 3.39. The van der Waals surface area contributed by atoms with E-state index in [2.05, 4.69) is 5.32 Å². The van der Waals surface area contributed by atoms with E-state index in [-0.39, 0.29) is 11.1 Å². The van der Waals surface area contributed by atoms with Crippen LogP contribution < -0.4 is 20.5 Å². The van der Waals surface area contributed by atoms with Crippen molar-refractivity contribution in [1.82, 2.24) is 0 Å². The first-order valence-electron chi connectivity index (χ1n) is 6.81. The van der Waals surface area contributed by atoms with Gasteiger partial charge in [-0.2, -0.15) is 10.5 Å². The molecule has 2 aromatic carbocycles. The van der Waals surface area contributed by atoms with Crippen LogP contribution in [0.2, 0.25) is 0 Å². The Kier molecular flexibility index (Phi) is 4.91. The molecule has 0 spiro atoms. The number of hydrogen-bond acceptors (Lipinski definition) is 6. The summed E-state index contributed by atoms with van der Waals surface area (Å²) in [6.07, 6.45) is 0. The summed E-state index contributed by atoms with van der Waals surface area (Å²) in [5, 5.41) is 21.2. The van der Waals surface area contributed by atoms with Crippen molar-refractivity contribution in [3.8, 4) is 23.6 Å². The summed E-state index contributed by atoms with van der Waals surface area (Å²) in [5.41, 5.74) is 8.39. The van der Waals surface area contributed by atoms with Gasteiger partial charge in [-0.3, -0.25) is 0 Å². The minimum atomic E-state index is 0.262. The van der Waals surface area contributed by atoms with E-state index in [0.29, 0.717) is 29.4 Å². The highest BCUT2D eigenvalue weighted by atomic mass is 16.5. The topological polar surface area (TPSA) is 104 Å². The number of ether oxygens (including phenoxy) is 2. The molecule has 0 aliphatic rings. The molecule has 0 bridgehead atoms. The largest absolute Gasteiger partial charge is 0.497 e. The monoisotopic (exact) mass is 308 g/mol. The van der Waals surface area contributed by atoms with Crippen LogP contribution in [-0.4, -0.2) is 14.2 Å². The molecule has 0 saturated heterocycles. The van der Waals surface area contributed by atoms with E-state index in [0.717, 1.165) is 5.56 Å². The zero-order valence-corrected chi connectivity index (χ0v) is 12.9. The number of nitrogens with two attached hydrogens (primary N) is 1. The summed E-state index contributed by atoms with van der Waals surface area (Å²) in [4.78, 5) is 0. The lowest BCUT2D eigenvalue weighted by Gasteiger charge is -2.14. The van der Waals surface area contributed by atoms with E-state index >= 15 is 0 Å². The lowest BCUT2D eigenvalue weighted by molar-refractivity contribution is 0.391. The van der Waals surface area contributed by atoms with Crippen LogP contribution >= 0.6 is 0 Å². The van der Waals surface area contributed by atoms with Gasteiger partial charge in [0.15, 0.2) is 0 Å². The van der Waals surface area contributed by atoms with E-state index in [1.165, 1.54) is 6.07 Å². The number of nitrogens with zero attached hydrogens (tertiary/aromatic N) is 2. The lowest BCUT2D eigenvalue weighted by atomic mass is 10.1. The molecule has 0 amide bonds. The van der Waals surface area contributed by atoms with Crippen molar-refractivity contribution < 1.29 is 9.47 Å². The van der Waals surface area contributed by atoms with Gasteiger partial charge in [0.05, 0.1) is 36.7 Å². The number of hydrogen-bond donors (Lipinski definition) is 2. The second-order valence-electron chi connectivity index (χ2n) is 4.74. The van der Waals surface area contributed by atoms with E-state index in [1.807, 2.05) is 24.3 Å². The molecule has 0 atom stereocenters. The summed E-state index contributed by atoms with van der Waals surface area (Å²) < 4.78 is 10.5. The molecule has 3 N–H and O–H groups in total. The fourth-order valence-corrected chi connectivity index (χ4v) is 2.14. The second kappa shape index (κ2) is 7.06. The quantitative estimate of drug-likeness (QED) is 0.823. The molecular formula is C17H16N4O2. The molecule has 0 saturated carbocycles. The molecule has 0 fully saturated rings. The number of nitrogen functional groups attached to an aromatic ring is 1. The average Bonchev–Trinajstić information content (AvgIpc) is 2.60. The zero-order valence-electron chi connectivity index (χ0n) is 12.9. The predicted octanol–water partition coefficient (Wildman–Crippen LogP) is 2.64. The van der Waals surface area contributed by atoms with E-state index in [1.54, 1.807) is 26.4 Å². The van der Waals surface area contributed by atoms with Crippen molar-refractivity contribution in [1.29, 1.82) is 10.5 Å². The highest BCUT2D eigenvalue weighted by Gasteiger charge is 2.09. The lowest BCUT2D eigenvalue weighted by Crippen LogP contribution is -2.05. The molecule has 6 nitrogen and oxygen atoms in total. The van der Waals surface area contributed by atoms with Gasteiger partial charge in [0.25, 0.3) is 0 Å². The first-order valence-corrected chi connectivity index (χ1v) is 6.81. The second-order valence-corrected chi connectivity index (χ2v) is 4.74. The maximum Gasteiger partial charge on any atom is 0.127 e. The normalized spacial score (nSPS) is 9.57. The van der Waals surface area contributed by atoms with Crippen LogP contribution in [0.1, 0.15) is 16.7 Å². The van der Waals surface area contributed by atoms with E-state index in [4.69, 9.17) is 25.7 Å². The molecule has 23 heavy (non-hydrogen) atoms. The Balaban J connectivity index is 2.25. The molecule has 2 aromatic rings. The van der Waals surface area contributed by atoms with E-state index in [9.17, 15) is 0 Å². The van der Waals surface area contributed by atoms with Gasteiger partial charge in [-0.05, 0) is 24.3 Å². The molecule has 116 valence electrons. The number of nitrogens with one attached hydrogen (secondary N) is 1. The highest BCUT2D eigenvalue weighted by molar-refractivity contribution is 5.72. The number of nitriles is 2. The first-order chi connectivity index (χ1) is 11.1. The minimum Gasteiger partial charge on any atom is -0.497 e. The van der Waals surface area contributed by atoms with Gasteiger partial charge in [-0.15, -0.1) is 0 Å². The van der Waals surface area contributed by atoms with Gasteiger partial charge in [0.2, 0.25) is 0 Å². The maximum atomic E-state index is 9.09. The first kappa shape index (κ1) is 16.0. The van der Waals surface area contributed by atoms with Crippen LogP contribution in [0.25, 0.3) is 0 Å². The van der Waals surface area contributed by atoms with Gasteiger partial charge < -0.3 is 20.5 Å². The average molecular weight is 308 g/mol. The Morgan fingerprint density at radius 3 is 2.35 bits per heavy atom. The van der Waals surface area contributed by atoms with Gasteiger partial charge in [0.1, 0.15) is 23.6 Å². The number of methoxy groups -OCH3 is 2. The van der Waals surface area contributed by atoms with Gasteiger partial charge >= 0.3 is 0 Å². The highest BCUT2D eigenvalue weighted by Crippen LogP contribution is 2.27. The molecule has 0 heterocycles. The molecule has 0 unspecified atom stereocenters. The van der Waals surface area contributed by atoms with Crippen molar-refractivity contribution >= 4 is 11.4 Å². The van der Waals surface area contributed by atoms with Crippen LogP contribution in [0.4, 0.5) is 11.4 Å². The summed E-state index contributed by atoms with van der Waals surface area (Å²) in [6.45, 7) is 0.453. The molecule has 0 radical (unpaired) electrons. The Bertz CT molecular complexity index is 803. The Morgan fingerprint density at radius 2 is 1.74 bits per heavy atom. The van der Waals surface area contributed by atoms with Crippen molar-refractivity contribution in [2.45, 2.75) is 6.54 Å². The summed E-state index contributed by atoms with van der Waals surface area (Å²) in [5.74, 6) is 1.39.